The first-order valence-electron chi connectivity index (χ1n) is 6.62. The van der Waals surface area contributed by atoms with Gasteiger partial charge in [-0.05, 0) is 36.4 Å². The van der Waals surface area contributed by atoms with Crippen molar-refractivity contribution in [3.8, 4) is 0 Å². The Bertz CT molecular complexity index is 912. The Morgan fingerprint density at radius 1 is 1.10 bits per heavy atom. The number of rotatable bonds is 3. The molecule has 0 radical (unpaired) electrons. The van der Waals surface area contributed by atoms with Crippen molar-refractivity contribution in [2.24, 2.45) is 0 Å². The van der Waals surface area contributed by atoms with Crippen LogP contribution in [0.5, 0.6) is 0 Å². The molecule has 0 amide bonds. The average Bonchev–Trinajstić information content (AvgIpc) is 3.12. The lowest BCUT2D eigenvalue weighted by Gasteiger charge is -2.04. The molecule has 0 aliphatic rings. The summed E-state index contributed by atoms with van der Waals surface area (Å²) in [6.07, 6.45) is 3.42. The van der Waals surface area contributed by atoms with E-state index in [-0.39, 0.29) is 5.82 Å². The van der Waals surface area contributed by atoms with E-state index in [1.165, 1.54) is 12.1 Å². The fourth-order valence-electron chi connectivity index (χ4n) is 2.44. The molecule has 4 rings (SSSR count). The zero-order valence-electron chi connectivity index (χ0n) is 11.1. The number of H-pyrrole nitrogens is 1. The summed E-state index contributed by atoms with van der Waals surface area (Å²) in [7, 11) is 0. The van der Waals surface area contributed by atoms with E-state index in [0.29, 0.717) is 12.1 Å². The molecule has 4 nitrogen and oxygen atoms in total. The Morgan fingerprint density at radius 2 is 1.90 bits per heavy atom. The predicted octanol–water partition coefficient (Wildman–Crippen LogP) is 4.06. The Morgan fingerprint density at radius 3 is 2.71 bits per heavy atom. The first-order chi connectivity index (χ1) is 10.3. The zero-order chi connectivity index (χ0) is 14.2. The number of nitrogens with zero attached hydrogens (tertiary/aromatic N) is 1. The minimum absolute atomic E-state index is 0.263. The standard InChI is InChI=1S/C16H12FN3O/c17-10-1-3-15-13(5-10)14-6-11(2-4-16(14)21-15)19-8-12-7-18-9-20-12/h1-7,9,19H,8H2,(H,18,20). The van der Waals surface area contributed by atoms with Crippen molar-refractivity contribution in [3.05, 3.63) is 60.4 Å². The van der Waals surface area contributed by atoms with Crippen LogP contribution in [-0.2, 0) is 6.54 Å². The van der Waals surface area contributed by atoms with Gasteiger partial charge < -0.3 is 14.7 Å². The van der Waals surface area contributed by atoms with Crippen LogP contribution in [0.15, 0.2) is 53.3 Å². The summed E-state index contributed by atoms with van der Waals surface area (Å²) in [6, 6.07) is 10.4. The molecule has 2 aromatic carbocycles. The average molecular weight is 281 g/mol. The molecule has 104 valence electrons. The molecule has 0 aliphatic heterocycles. The fourth-order valence-corrected chi connectivity index (χ4v) is 2.44. The fraction of sp³-hybridized carbons (Fsp3) is 0.0625. The molecule has 2 heterocycles. The van der Waals surface area contributed by atoms with Crippen molar-refractivity contribution in [3.63, 3.8) is 0 Å². The van der Waals surface area contributed by atoms with Gasteiger partial charge in [-0.25, -0.2) is 9.37 Å². The molecule has 0 aliphatic carbocycles. The third kappa shape index (κ3) is 2.12. The Balaban J connectivity index is 1.74. The second-order valence-electron chi connectivity index (χ2n) is 4.88. The van der Waals surface area contributed by atoms with Crippen molar-refractivity contribution >= 4 is 27.6 Å². The third-order valence-corrected chi connectivity index (χ3v) is 3.47. The predicted molar refractivity (Wildman–Crippen MR) is 79.6 cm³/mol. The maximum absolute atomic E-state index is 13.4. The van der Waals surface area contributed by atoms with Gasteiger partial charge >= 0.3 is 0 Å². The molecule has 2 aromatic heterocycles. The summed E-state index contributed by atoms with van der Waals surface area (Å²) in [5, 5.41) is 4.99. The van der Waals surface area contributed by atoms with Gasteiger partial charge in [-0.1, -0.05) is 0 Å². The highest BCUT2D eigenvalue weighted by molar-refractivity contribution is 6.05. The SMILES string of the molecule is Fc1ccc2oc3ccc(NCc4cnc[nH]4)cc3c2c1. The van der Waals surface area contributed by atoms with Crippen molar-refractivity contribution < 1.29 is 8.81 Å². The second kappa shape index (κ2) is 4.63. The molecule has 0 atom stereocenters. The smallest absolute Gasteiger partial charge is 0.135 e. The molecule has 0 spiro atoms. The van der Waals surface area contributed by atoms with Crippen LogP contribution in [0.25, 0.3) is 21.9 Å². The van der Waals surface area contributed by atoms with E-state index in [1.54, 1.807) is 18.6 Å². The number of anilines is 1. The van der Waals surface area contributed by atoms with E-state index in [0.717, 1.165) is 27.7 Å². The molecule has 21 heavy (non-hydrogen) atoms. The topological polar surface area (TPSA) is 53.9 Å². The van der Waals surface area contributed by atoms with Crippen LogP contribution in [0.3, 0.4) is 0 Å². The van der Waals surface area contributed by atoms with E-state index in [9.17, 15) is 4.39 Å². The van der Waals surface area contributed by atoms with Gasteiger partial charge in [0, 0.05) is 22.7 Å². The number of benzene rings is 2. The normalized spacial score (nSPS) is 11.3. The van der Waals surface area contributed by atoms with Gasteiger partial charge in [-0.3, -0.25) is 0 Å². The maximum atomic E-state index is 13.4. The third-order valence-electron chi connectivity index (χ3n) is 3.47. The van der Waals surface area contributed by atoms with Gasteiger partial charge in [0.15, 0.2) is 0 Å². The van der Waals surface area contributed by atoms with Crippen molar-refractivity contribution in [1.82, 2.24) is 9.97 Å². The molecule has 0 saturated carbocycles. The summed E-state index contributed by atoms with van der Waals surface area (Å²) in [5.74, 6) is -0.263. The summed E-state index contributed by atoms with van der Waals surface area (Å²) in [5.41, 5.74) is 3.39. The summed E-state index contributed by atoms with van der Waals surface area (Å²) in [4.78, 5) is 7.01. The Labute approximate surface area is 119 Å². The highest BCUT2D eigenvalue weighted by Crippen LogP contribution is 2.31. The first-order valence-corrected chi connectivity index (χ1v) is 6.62. The van der Waals surface area contributed by atoms with Gasteiger partial charge in [-0.2, -0.15) is 0 Å². The second-order valence-corrected chi connectivity index (χ2v) is 4.88. The molecular formula is C16H12FN3O. The summed E-state index contributed by atoms with van der Waals surface area (Å²) >= 11 is 0. The number of halogens is 1. The minimum atomic E-state index is -0.263. The van der Waals surface area contributed by atoms with Gasteiger partial charge in [0.05, 0.1) is 18.6 Å². The lowest BCUT2D eigenvalue weighted by atomic mass is 10.1. The van der Waals surface area contributed by atoms with Crippen molar-refractivity contribution in [1.29, 1.82) is 0 Å². The number of furan rings is 1. The van der Waals surface area contributed by atoms with Gasteiger partial charge in [0.1, 0.15) is 17.0 Å². The molecular weight excluding hydrogens is 269 g/mol. The van der Waals surface area contributed by atoms with Gasteiger partial charge in [0.25, 0.3) is 0 Å². The Hall–Kier alpha value is -2.82. The molecule has 0 fully saturated rings. The van der Waals surface area contributed by atoms with E-state index in [1.807, 2.05) is 18.2 Å². The van der Waals surface area contributed by atoms with Crippen molar-refractivity contribution in [2.75, 3.05) is 5.32 Å². The lowest BCUT2D eigenvalue weighted by molar-refractivity contribution is 0.626. The van der Waals surface area contributed by atoms with E-state index >= 15 is 0 Å². The minimum Gasteiger partial charge on any atom is -0.456 e. The quantitative estimate of drug-likeness (QED) is 0.595. The lowest BCUT2D eigenvalue weighted by Crippen LogP contribution is -1.99. The van der Waals surface area contributed by atoms with Gasteiger partial charge in [0.2, 0.25) is 0 Å². The highest BCUT2D eigenvalue weighted by Gasteiger charge is 2.08. The molecule has 0 bridgehead atoms. The van der Waals surface area contributed by atoms with Crippen LogP contribution in [0.1, 0.15) is 5.69 Å². The molecule has 0 saturated heterocycles. The van der Waals surface area contributed by atoms with E-state index in [2.05, 4.69) is 15.3 Å². The molecule has 2 N–H and O–H groups in total. The van der Waals surface area contributed by atoms with Crippen LogP contribution >= 0.6 is 0 Å². The monoisotopic (exact) mass is 281 g/mol. The number of imidazole rings is 1. The number of fused-ring (bicyclic) bond motifs is 3. The summed E-state index contributed by atoms with van der Waals surface area (Å²) < 4.78 is 19.1. The van der Waals surface area contributed by atoms with Gasteiger partial charge in [-0.15, -0.1) is 0 Å². The molecule has 4 aromatic rings. The zero-order valence-corrected chi connectivity index (χ0v) is 11.1. The number of hydrogen-bond acceptors (Lipinski definition) is 3. The number of aromatic amines is 1. The summed E-state index contributed by atoms with van der Waals surface area (Å²) in [6.45, 7) is 0.648. The van der Waals surface area contributed by atoms with Crippen molar-refractivity contribution in [2.45, 2.75) is 6.54 Å². The molecule has 0 unspecified atom stereocenters. The van der Waals surface area contributed by atoms with Crippen LogP contribution in [0, 0.1) is 5.82 Å². The van der Waals surface area contributed by atoms with Crippen LogP contribution in [-0.4, -0.2) is 9.97 Å². The Kier molecular flexibility index (Phi) is 2.64. The number of hydrogen-bond donors (Lipinski definition) is 2. The van der Waals surface area contributed by atoms with E-state index < -0.39 is 0 Å². The van der Waals surface area contributed by atoms with Crippen LogP contribution in [0.4, 0.5) is 10.1 Å². The van der Waals surface area contributed by atoms with E-state index in [4.69, 9.17) is 4.42 Å². The largest absolute Gasteiger partial charge is 0.456 e. The highest BCUT2D eigenvalue weighted by atomic mass is 19.1. The number of aromatic nitrogens is 2. The molecule has 5 heteroatoms. The maximum Gasteiger partial charge on any atom is 0.135 e. The first kappa shape index (κ1) is 12.0. The van der Waals surface area contributed by atoms with Crippen LogP contribution < -0.4 is 5.32 Å². The number of nitrogens with one attached hydrogen (secondary N) is 2. The van der Waals surface area contributed by atoms with Crippen LogP contribution in [0.2, 0.25) is 0 Å².